The van der Waals surface area contributed by atoms with Crippen molar-refractivity contribution in [1.82, 2.24) is 4.98 Å². The maximum absolute atomic E-state index is 11.7. The summed E-state index contributed by atoms with van der Waals surface area (Å²) >= 11 is 0. The van der Waals surface area contributed by atoms with Crippen molar-refractivity contribution in [2.45, 2.75) is 39.8 Å². The Labute approximate surface area is 124 Å². The molecule has 0 radical (unpaired) electrons. The van der Waals surface area contributed by atoms with Crippen molar-refractivity contribution in [1.29, 1.82) is 0 Å². The zero-order chi connectivity index (χ0) is 15.1. The first-order valence-corrected chi connectivity index (χ1v) is 7.45. The maximum atomic E-state index is 11.7. The van der Waals surface area contributed by atoms with Crippen LogP contribution in [0.4, 0.5) is 0 Å². The highest BCUT2D eigenvalue weighted by molar-refractivity contribution is 6.03. The van der Waals surface area contributed by atoms with Crippen LogP contribution in [0.3, 0.4) is 0 Å². The van der Waals surface area contributed by atoms with Crippen molar-refractivity contribution < 1.29 is 14.8 Å². The normalized spacial score (nSPS) is 18.0. The quantitative estimate of drug-likeness (QED) is 0.860. The lowest BCUT2D eigenvalue weighted by Crippen LogP contribution is -3.14. The molecule has 0 aliphatic carbocycles. The second-order valence-electron chi connectivity index (χ2n) is 6.21. The van der Waals surface area contributed by atoms with E-state index in [-0.39, 0.29) is 0 Å². The molecule has 2 aromatic rings. The summed E-state index contributed by atoms with van der Waals surface area (Å²) in [6, 6.07) is 6.24. The SMILES string of the molecule is Cc1ccc2nc3c(c(C(=O)[O-])c2c1)C[NH+](C(C)C)CC3. The Hall–Kier alpha value is -1.94. The summed E-state index contributed by atoms with van der Waals surface area (Å²) in [6.45, 7) is 8.01. The topological polar surface area (TPSA) is 57.5 Å². The van der Waals surface area contributed by atoms with Crippen molar-refractivity contribution in [3.8, 4) is 0 Å². The lowest BCUT2D eigenvalue weighted by Gasteiger charge is -2.30. The minimum absolute atomic E-state index is 0.344. The summed E-state index contributed by atoms with van der Waals surface area (Å²) in [5.41, 5.74) is 3.93. The Kier molecular flexibility index (Phi) is 3.41. The molecule has 1 aliphatic rings. The number of carbonyl (C=O) groups is 1. The van der Waals surface area contributed by atoms with Crippen molar-refractivity contribution in [3.63, 3.8) is 0 Å². The third-order valence-electron chi connectivity index (χ3n) is 4.43. The van der Waals surface area contributed by atoms with Crippen molar-refractivity contribution in [2.24, 2.45) is 0 Å². The number of hydrogen-bond donors (Lipinski definition) is 1. The fourth-order valence-electron chi connectivity index (χ4n) is 3.18. The number of aromatic carboxylic acids is 1. The molecular formula is C17H20N2O2. The summed E-state index contributed by atoms with van der Waals surface area (Å²) < 4.78 is 0. The molecule has 2 heterocycles. The van der Waals surface area contributed by atoms with Gasteiger partial charge in [-0.15, -0.1) is 0 Å². The first kappa shape index (κ1) is 14.0. The lowest BCUT2D eigenvalue weighted by atomic mass is 9.94. The molecule has 1 aromatic heterocycles. The molecule has 0 fully saturated rings. The highest BCUT2D eigenvalue weighted by atomic mass is 16.4. The molecule has 0 saturated carbocycles. The van der Waals surface area contributed by atoms with E-state index >= 15 is 0 Å². The van der Waals surface area contributed by atoms with Crippen LogP contribution in [0.15, 0.2) is 18.2 Å². The number of hydrogen-bond acceptors (Lipinski definition) is 3. The van der Waals surface area contributed by atoms with E-state index < -0.39 is 5.97 Å². The highest BCUT2D eigenvalue weighted by Crippen LogP contribution is 2.25. The van der Waals surface area contributed by atoms with Crippen LogP contribution < -0.4 is 10.0 Å². The van der Waals surface area contributed by atoms with Crippen LogP contribution in [-0.2, 0) is 13.0 Å². The number of fused-ring (bicyclic) bond motifs is 2. The van der Waals surface area contributed by atoms with Crippen LogP contribution in [0.2, 0.25) is 0 Å². The average molecular weight is 284 g/mol. The molecule has 1 unspecified atom stereocenters. The summed E-state index contributed by atoms with van der Waals surface area (Å²) in [4.78, 5) is 17.8. The van der Waals surface area contributed by atoms with Gasteiger partial charge >= 0.3 is 0 Å². The molecule has 0 spiro atoms. The van der Waals surface area contributed by atoms with Gasteiger partial charge in [0.1, 0.15) is 6.54 Å². The molecule has 3 rings (SSSR count). The van der Waals surface area contributed by atoms with Gasteiger partial charge in [-0.3, -0.25) is 4.98 Å². The van der Waals surface area contributed by atoms with Gasteiger partial charge < -0.3 is 14.8 Å². The van der Waals surface area contributed by atoms with E-state index in [0.29, 0.717) is 23.5 Å². The van der Waals surface area contributed by atoms with Crippen LogP contribution in [0.5, 0.6) is 0 Å². The van der Waals surface area contributed by atoms with Crippen molar-refractivity contribution in [2.75, 3.05) is 6.54 Å². The van der Waals surface area contributed by atoms with Crippen LogP contribution in [0, 0.1) is 6.92 Å². The number of nitrogens with one attached hydrogen (secondary N) is 1. The highest BCUT2D eigenvalue weighted by Gasteiger charge is 2.26. The predicted octanol–water partition coefficient (Wildman–Crippen LogP) is 0.256. The van der Waals surface area contributed by atoms with Gasteiger partial charge in [-0.05, 0) is 32.9 Å². The van der Waals surface area contributed by atoms with Gasteiger partial charge in [0, 0.05) is 22.9 Å². The number of quaternary nitrogens is 1. The molecule has 1 atom stereocenters. The van der Waals surface area contributed by atoms with Gasteiger partial charge in [-0.25, -0.2) is 0 Å². The zero-order valence-electron chi connectivity index (χ0n) is 12.7. The van der Waals surface area contributed by atoms with Crippen LogP contribution in [0.25, 0.3) is 10.9 Å². The molecule has 0 bridgehead atoms. The Morgan fingerprint density at radius 1 is 1.38 bits per heavy atom. The Morgan fingerprint density at radius 2 is 2.14 bits per heavy atom. The standard InChI is InChI=1S/C17H20N2O2/c1-10(2)19-7-6-15-13(9-19)16(17(20)21)12-8-11(3)4-5-14(12)18-15/h4-5,8,10H,6-7,9H2,1-3H3,(H,20,21). The Balaban J connectivity index is 2.26. The molecule has 4 nitrogen and oxygen atoms in total. The second kappa shape index (κ2) is 5.11. The number of aryl methyl sites for hydroxylation is 1. The molecule has 1 aromatic carbocycles. The second-order valence-corrected chi connectivity index (χ2v) is 6.21. The minimum Gasteiger partial charge on any atom is -0.545 e. The lowest BCUT2D eigenvalue weighted by molar-refractivity contribution is -0.937. The molecule has 110 valence electrons. The number of rotatable bonds is 2. The fourth-order valence-corrected chi connectivity index (χ4v) is 3.18. The number of carbonyl (C=O) groups excluding carboxylic acids is 1. The van der Waals surface area contributed by atoms with Gasteiger partial charge in [0.2, 0.25) is 0 Å². The molecule has 1 aliphatic heterocycles. The first-order valence-electron chi connectivity index (χ1n) is 7.45. The van der Waals surface area contributed by atoms with Crippen LogP contribution >= 0.6 is 0 Å². The number of benzene rings is 1. The number of aromatic nitrogens is 1. The summed E-state index contributed by atoms with van der Waals surface area (Å²) in [6.07, 6.45) is 0.826. The number of carboxylic acids is 1. The number of pyridine rings is 1. The van der Waals surface area contributed by atoms with Crippen LogP contribution in [0.1, 0.15) is 41.0 Å². The number of carboxylic acid groups (broad SMARTS) is 1. The van der Waals surface area contributed by atoms with Gasteiger partial charge in [-0.2, -0.15) is 0 Å². The third kappa shape index (κ3) is 2.40. The van der Waals surface area contributed by atoms with E-state index in [4.69, 9.17) is 0 Å². The summed E-state index contributed by atoms with van der Waals surface area (Å²) in [5.74, 6) is -1.09. The average Bonchev–Trinajstić information content (AvgIpc) is 2.43. The Bertz CT molecular complexity index is 722. The van der Waals surface area contributed by atoms with E-state index in [1.807, 2.05) is 25.1 Å². The van der Waals surface area contributed by atoms with Gasteiger partial charge in [0.05, 0.1) is 29.8 Å². The first-order chi connectivity index (χ1) is 9.97. The summed E-state index contributed by atoms with van der Waals surface area (Å²) in [5, 5.41) is 12.4. The smallest absolute Gasteiger partial charge is 0.105 e. The Morgan fingerprint density at radius 3 is 2.81 bits per heavy atom. The van der Waals surface area contributed by atoms with E-state index in [0.717, 1.165) is 35.3 Å². The van der Waals surface area contributed by atoms with Crippen molar-refractivity contribution >= 4 is 16.9 Å². The van der Waals surface area contributed by atoms with Crippen LogP contribution in [-0.4, -0.2) is 23.5 Å². The maximum Gasteiger partial charge on any atom is 0.105 e. The van der Waals surface area contributed by atoms with Gasteiger partial charge in [0.15, 0.2) is 0 Å². The molecule has 1 N–H and O–H groups in total. The molecule has 4 heteroatoms. The fraction of sp³-hybridized carbons (Fsp3) is 0.412. The molecule has 0 saturated heterocycles. The predicted molar refractivity (Wildman–Crippen MR) is 79.2 cm³/mol. The van der Waals surface area contributed by atoms with E-state index in [1.54, 1.807) is 0 Å². The third-order valence-corrected chi connectivity index (χ3v) is 4.43. The minimum atomic E-state index is -1.09. The number of nitrogens with zero attached hydrogens (tertiary/aromatic N) is 1. The monoisotopic (exact) mass is 284 g/mol. The molecular weight excluding hydrogens is 264 g/mol. The summed E-state index contributed by atoms with van der Waals surface area (Å²) in [7, 11) is 0. The van der Waals surface area contributed by atoms with E-state index in [2.05, 4.69) is 18.8 Å². The molecule has 21 heavy (non-hydrogen) atoms. The van der Waals surface area contributed by atoms with E-state index in [9.17, 15) is 9.90 Å². The molecule has 0 amide bonds. The van der Waals surface area contributed by atoms with Gasteiger partial charge in [0.25, 0.3) is 0 Å². The van der Waals surface area contributed by atoms with E-state index in [1.165, 1.54) is 4.90 Å². The van der Waals surface area contributed by atoms with Crippen molar-refractivity contribution in [3.05, 3.63) is 40.6 Å². The largest absolute Gasteiger partial charge is 0.545 e. The zero-order valence-corrected chi connectivity index (χ0v) is 12.7. The van der Waals surface area contributed by atoms with Gasteiger partial charge in [-0.1, -0.05) is 11.6 Å².